The first kappa shape index (κ1) is 16.7. The summed E-state index contributed by atoms with van der Waals surface area (Å²) in [6.07, 6.45) is 2.12. The second kappa shape index (κ2) is 7.54. The van der Waals surface area contributed by atoms with Gasteiger partial charge in [0.05, 0.1) is 16.7 Å². The minimum Gasteiger partial charge on any atom is -0.339 e. The van der Waals surface area contributed by atoms with Crippen LogP contribution in [0.4, 0.5) is 0 Å². The molecule has 21 heavy (non-hydrogen) atoms. The molecule has 2 saturated heterocycles. The van der Waals surface area contributed by atoms with Crippen molar-refractivity contribution in [2.45, 2.75) is 32.4 Å². The Hall–Kier alpha value is -0.690. The Morgan fingerprint density at radius 3 is 2.76 bits per heavy atom. The van der Waals surface area contributed by atoms with E-state index in [2.05, 4.69) is 20.6 Å². The summed E-state index contributed by atoms with van der Waals surface area (Å²) in [4.78, 5) is 21.2. The lowest BCUT2D eigenvalue weighted by Crippen LogP contribution is -2.52. The van der Waals surface area contributed by atoms with Crippen LogP contribution in [-0.4, -0.2) is 59.5 Å². The molecule has 3 rings (SSSR count). The largest absolute Gasteiger partial charge is 0.339 e. The molecule has 1 N–H and O–H groups in total. The number of piperazine rings is 1. The second-order valence-electron chi connectivity index (χ2n) is 5.61. The molecule has 2 aliphatic rings. The van der Waals surface area contributed by atoms with Crippen LogP contribution in [0.25, 0.3) is 0 Å². The molecule has 7 heteroatoms. The molecule has 2 aliphatic heterocycles. The minimum absolute atomic E-state index is 0. The van der Waals surface area contributed by atoms with Crippen molar-refractivity contribution in [3.8, 4) is 0 Å². The summed E-state index contributed by atoms with van der Waals surface area (Å²) in [5, 5.41) is 6.55. The SMILES string of the molecule is Cc1nc(CN2CCN(C(=O)C3CCCN3)CC2)cs1.Cl. The first-order chi connectivity index (χ1) is 9.72. The lowest BCUT2D eigenvalue weighted by molar-refractivity contribution is -0.134. The zero-order valence-corrected chi connectivity index (χ0v) is 14.0. The highest BCUT2D eigenvalue weighted by Gasteiger charge is 2.29. The number of amides is 1. The van der Waals surface area contributed by atoms with E-state index in [-0.39, 0.29) is 18.4 Å². The van der Waals surface area contributed by atoms with Gasteiger partial charge in [-0.15, -0.1) is 23.7 Å². The molecule has 0 aliphatic carbocycles. The van der Waals surface area contributed by atoms with E-state index in [9.17, 15) is 4.79 Å². The lowest BCUT2D eigenvalue weighted by atomic mass is 10.2. The van der Waals surface area contributed by atoms with Crippen molar-refractivity contribution < 1.29 is 4.79 Å². The summed E-state index contributed by atoms with van der Waals surface area (Å²) in [7, 11) is 0. The van der Waals surface area contributed by atoms with Gasteiger partial charge in [0.1, 0.15) is 0 Å². The predicted octanol–water partition coefficient (Wildman–Crippen LogP) is 1.27. The van der Waals surface area contributed by atoms with Crippen LogP contribution >= 0.6 is 23.7 Å². The molecule has 1 atom stereocenters. The summed E-state index contributed by atoms with van der Waals surface area (Å²) in [6, 6.07) is 0.0720. The van der Waals surface area contributed by atoms with Gasteiger partial charge in [-0.2, -0.15) is 0 Å². The molecule has 5 nitrogen and oxygen atoms in total. The number of hydrogen-bond donors (Lipinski definition) is 1. The number of aryl methyl sites for hydroxylation is 1. The van der Waals surface area contributed by atoms with Crippen LogP contribution in [0, 0.1) is 6.92 Å². The summed E-state index contributed by atoms with van der Waals surface area (Å²) >= 11 is 1.70. The number of nitrogens with one attached hydrogen (secondary N) is 1. The molecule has 3 heterocycles. The Morgan fingerprint density at radius 1 is 1.43 bits per heavy atom. The molecule has 1 aromatic rings. The van der Waals surface area contributed by atoms with Crippen LogP contribution in [-0.2, 0) is 11.3 Å². The number of aromatic nitrogens is 1. The molecule has 0 aromatic carbocycles. The molecule has 118 valence electrons. The fraction of sp³-hybridized carbons (Fsp3) is 0.714. The van der Waals surface area contributed by atoms with Gasteiger partial charge in [0.15, 0.2) is 0 Å². The number of halogens is 1. The normalized spacial score (nSPS) is 23.1. The van der Waals surface area contributed by atoms with E-state index < -0.39 is 0 Å². The van der Waals surface area contributed by atoms with Gasteiger partial charge in [-0.1, -0.05) is 0 Å². The Kier molecular flexibility index (Phi) is 5.98. The van der Waals surface area contributed by atoms with Crippen molar-refractivity contribution in [1.29, 1.82) is 0 Å². The molecule has 0 saturated carbocycles. The Morgan fingerprint density at radius 2 is 2.19 bits per heavy atom. The molecule has 2 fully saturated rings. The number of hydrogen-bond acceptors (Lipinski definition) is 5. The monoisotopic (exact) mass is 330 g/mol. The highest BCUT2D eigenvalue weighted by atomic mass is 35.5. The van der Waals surface area contributed by atoms with E-state index in [0.717, 1.165) is 62.8 Å². The average Bonchev–Trinajstić information content (AvgIpc) is 3.11. The summed E-state index contributed by atoms with van der Waals surface area (Å²) < 4.78 is 0. The zero-order valence-electron chi connectivity index (χ0n) is 12.4. The van der Waals surface area contributed by atoms with E-state index in [1.165, 1.54) is 0 Å². The van der Waals surface area contributed by atoms with Crippen LogP contribution in [0.2, 0.25) is 0 Å². The number of rotatable bonds is 3. The van der Waals surface area contributed by atoms with Crippen molar-refractivity contribution in [2.75, 3.05) is 32.7 Å². The Balaban J connectivity index is 0.00000161. The topological polar surface area (TPSA) is 48.5 Å². The first-order valence-electron chi connectivity index (χ1n) is 7.38. The van der Waals surface area contributed by atoms with Crippen molar-refractivity contribution in [3.05, 3.63) is 16.1 Å². The third-order valence-electron chi connectivity index (χ3n) is 4.09. The molecular formula is C14H23ClN4OS. The summed E-state index contributed by atoms with van der Waals surface area (Å²) in [5.41, 5.74) is 1.16. The Bertz CT molecular complexity index is 467. The van der Waals surface area contributed by atoms with E-state index in [0.29, 0.717) is 5.91 Å². The molecule has 1 amide bonds. The van der Waals surface area contributed by atoms with Crippen LogP contribution in [0.3, 0.4) is 0 Å². The van der Waals surface area contributed by atoms with Crippen LogP contribution in [0.1, 0.15) is 23.5 Å². The molecule has 0 radical (unpaired) electrons. The smallest absolute Gasteiger partial charge is 0.239 e. The van der Waals surface area contributed by atoms with E-state index >= 15 is 0 Å². The summed E-state index contributed by atoms with van der Waals surface area (Å²) in [6.45, 7) is 7.54. The molecule has 0 bridgehead atoms. The maximum Gasteiger partial charge on any atom is 0.239 e. The van der Waals surface area contributed by atoms with Gasteiger partial charge >= 0.3 is 0 Å². The van der Waals surface area contributed by atoms with Crippen molar-refractivity contribution in [2.24, 2.45) is 0 Å². The average molecular weight is 331 g/mol. The van der Waals surface area contributed by atoms with Gasteiger partial charge in [-0.05, 0) is 26.3 Å². The quantitative estimate of drug-likeness (QED) is 0.906. The van der Waals surface area contributed by atoms with E-state index in [4.69, 9.17) is 0 Å². The predicted molar refractivity (Wildman–Crippen MR) is 87.0 cm³/mol. The molecular weight excluding hydrogens is 308 g/mol. The third kappa shape index (κ3) is 4.16. The van der Waals surface area contributed by atoms with Gasteiger partial charge in [0.25, 0.3) is 0 Å². The van der Waals surface area contributed by atoms with Crippen LogP contribution in [0.15, 0.2) is 5.38 Å². The van der Waals surface area contributed by atoms with Crippen molar-refractivity contribution in [3.63, 3.8) is 0 Å². The van der Waals surface area contributed by atoms with Gasteiger partial charge in [0, 0.05) is 38.1 Å². The van der Waals surface area contributed by atoms with E-state index in [1.807, 2.05) is 11.8 Å². The van der Waals surface area contributed by atoms with Gasteiger partial charge in [0.2, 0.25) is 5.91 Å². The highest BCUT2D eigenvalue weighted by molar-refractivity contribution is 7.09. The van der Waals surface area contributed by atoms with Crippen molar-refractivity contribution >= 4 is 29.7 Å². The number of carbonyl (C=O) groups excluding carboxylic acids is 1. The van der Waals surface area contributed by atoms with Gasteiger partial charge < -0.3 is 10.2 Å². The van der Waals surface area contributed by atoms with Crippen LogP contribution in [0.5, 0.6) is 0 Å². The second-order valence-corrected chi connectivity index (χ2v) is 6.67. The van der Waals surface area contributed by atoms with Crippen molar-refractivity contribution in [1.82, 2.24) is 20.1 Å². The minimum atomic E-state index is 0. The Labute approximate surface area is 136 Å². The first-order valence-corrected chi connectivity index (χ1v) is 8.26. The zero-order chi connectivity index (χ0) is 13.9. The fourth-order valence-electron chi connectivity index (χ4n) is 2.95. The molecule has 1 unspecified atom stereocenters. The van der Waals surface area contributed by atoms with Gasteiger partial charge in [-0.3, -0.25) is 9.69 Å². The number of carbonyl (C=O) groups is 1. The number of thiazole rings is 1. The maximum atomic E-state index is 12.3. The fourth-order valence-corrected chi connectivity index (χ4v) is 3.56. The lowest BCUT2D eigenvalue weighted by Gasteiger charge is -2.35. The molecule has 0 spiro atoms. The van der Waals surface area contributed by atoms with Crippen LogP contribution < -0.4 is 5.32 Å². The summed E-state index contributed by atoms with van der Waals surface area (Å²) in [5.74, 6) is 0.298. The number of nitrogens with zero attached hydrogens (tertiary/aromatic N) is 3. The maximum absolute atomic E-state index is 12.3. The molecule has 1 aromatic heterocycles. The third-order valence-corrected chi connectivity index (χ3v) is 4.92. The highest BCUT2D eigenvalue weighted by Crippen LogP contribution is 2.14. The standard InChI is InChI=1S/C14H22N4OS.ClH/c1-11-16-12(10-20-11)9-17-5-7-18(8-6-17)14(19)13-3-2-4-15-13;/h10,13,15H,2-9H2,1H3;1H. The van der Waals surface area contributed by atoms with E-state index in [1.54, 1.807) is 11.3 Å². The van der Waals surface area contributed by atoms with Gasteiger partial charge in [-0.25, -0.2) is 4.98 Å².